The zero-order valence-corrected chi connectivity index (χ0v) is 5.07. The van der Waals surface area contributed by atoms with Crippen LogP contribution in [0.25, 0.3) is 0 Å². The maximum absolute atomic E-state index is 10.0. The summed E-state index contributed by atoms with van der Waals surface area (Å²) >= 11 is 0. The number of rotatable bonds is 2. The molecule has 0 radical (unpaired) electrons. The van der Waals surface area contributed by atoms with Crippen molar-refractivity contribution in [1.82, 2.24) is 0 Å². The van der Waals surface area contributed by atoms with Gasteiger partial charge in [0, 0.05) is 6.07 Å². The number of aromatic hydroxyl groups is 1. The highest BCUT2D eigenvalue weighted by atomic mass is 16.4. The zero-order chi connectivity index (χ0) is 7.56. The van der Waals surface area contributed by atoms with Crippen LogP contribution in [-0.4, -0.2) is 16.2 Å². The molecule has 10 heavy (non-hydrogen) atoms. The van der Waals surface area contributed by atoms with Gasteiger partial charge in [-0.3, -0.25) is 4.79 Å². The van der Waals surface area contributed by atoms with E-state index in [1.54, 1.807) is 0 Å². The van der Waals surface area contributed by atoms with Crippen LogP contribution in [-0.2, 0) is 11.2 Å². The molecule has 1 aromatic rings. The zero-order valence-electron chi connectivity index (χ0n) is 5.07. The van der Waals surface area contributed by atoms with Gasteiger partial charge < -0.3 is 14.6 Å². The topological polar surface area (TPSA) is 70.7 Å². The molecule has 54 valence electrons. The van der Waals surface area contributed by atoms with E-state index in [1.165, 1.54) is 12.3 Å². The molecule has 0 atom stereocenters. The predicted octanol–water partition coefficient (Wildman–Crippen LogP) is 0.612. The maximum atomic E-state index is 10.0. The van der Waals surface area contributed by atoms with Crippen molar-refractivity contribution in [3.8, 4) is 5.75 Å². The highest BCUT2D eigenvalue weighted by Crippen LogP contribution is 2.17. The molecule has 0 aromatic carbocycles. The molecular weight excluding hydrogens is 136 g/mol. The van der Waals surface area contributed by atoms with Gasteiger partial charge in [-0.2, -0.15) is 0 Å². The van der Waals surface area contributed by atoms with Gasteiger partial charge in [-0.25, -0.2) is 0 Å². The summed E-state index contributed by atoms with van der Waals surface area (Å²) in [4.78, 5) is 10.0. The first kappa shape index (κ1) is 6.67. The third kappa shape index (κ3) is 1.28. The van der Waals surface area contributed by atoms with Gasteiger partial charge in [0.1, 0.15) is 6.42 Å². The molecule has 2 N–H and O–H groups in total. The molecule has 4 nitrogen and oxygen atoms in total. The molecule has 1 heterocycles. The van der Waals surface area contributed by atoms with E-state index >= 15 is 0 Å². The summed E-state index contributed by atoms with van der Waals surface area (Å²) in [6.45, 7) is 0. The molecule has 0 aliphatic heterocycles. The minimum absolute atomic E-state index is 0.0903. The van der Waals surface area contributed by atoms with Gasteiger partial charge in [0.25, 0.3) is 0 Å². The van der Waals surface area contributed by atoms with E-state index in [4.69, 9.17) is 10.2 Å². The molecule has 1 aromatic heterocycles. The molecule has 0 spiro atoms. The second kappa shape index (κ2) is 2.43. The number of hydrogen-bond acceptors (Lipinski definition) is 3. The lowest BCUT2D eigenvalue weighted by Gasteiger charge is -1.89. The standard InChI is InChI=1S/C6H6O4/c7-4-1-2-10-5(4)3-6(8)9/h1-2,7H,3H2,(H,8,9). The molecule has 0 unspecified atom stereocenters. The van der Waals surface area contributed by atoms with Crippen molar-refractivity contribution in [2.24, 2.45) is 0 Å². The van der Waals surface area contributed by atoms with Crippen LogP contribution >= 0.6 is 0 Å². The third-order valence-electron chi connectivity index (χ3n) is 1.03. The number of carbonyl (C=O) groups is 1. The minimum Gasteiger partial charge on any atom is -0.504 e. The Hall–Kier alpha value is -1.45. The van der Waals surface area contributed by atoms with Crippen LogP contribution in [0.1, 0.15) is 5.76 Å². The van der Waals surface area contributed by atoms with Crippen molar-refractivity contribution in [3.05, 3.63) is 18.1 Å². The molecule has 0 saturated heterocycles. The summed E-state index contributed by atoms with van der Waals surface area (Å²) in [7, 11) is 0. The van der Waals surface area contributed by atoms with E-state index in [0.717, 1.165) is 0 Å². The number of carboxylic acids is 1. The van der Waals surface area contributed by atoms with Crippen LogP contribution in [0.4, 0.5) is 0 Å². The Balaban J connectivity index is 2.74. The third-order valence-corrected chi connectivity index (χ3v) is 1.03. The summed E-state index contributed by atoms with van der Waals surface area (Å²) in [5.41, 5.74) is 0. The second-order valence-electron chi connectivity index (χ2n) is 1.80. The number of aliphatic carboxylic acids is 1. The lowest BCUT2D eigenvalue weighted by Crippen LogP contribution is -1.98. The van der Waals surface area contributed by atoms with Gasteiger partial charge in [-0.15, -0.1) is 0 Å². The number of carboxylic acid groups (broad SMARTS) is 1. The molecule has 0 fully saturated rings. The molecule has 1 rings (SSSR count). The normalized spacial score (nSPS) is 9.60. The van der Waals surface area contributed by atoms with Crippen LogP contribution in [0.5, 0.6) is 5.75 Å². The van der Waals surface area contributed by atoms with Crippen LogP contribution in [0.3, 0.4) is 0 Å². The predicted molar refractivity (Wildman–Crippen MR) is 31.7 cm³/mol. The van der Waals surface area contributed by atoms with Crippen LogP contribution in [0.2, 0.25) is 0 Å². The summed E-state index contributed by atoms with van der Waals surface area (Å²) in [6, 6.07) is 1.30. The van der Waals surface area contributed by atoms with Crippen molar-refractivity contribution in [2.75, 3.05) is 0 Å². The Morgan fingerprint density at radius 2 is 2.40 bits per heavy atom. The SMILES string of the molecule is O=C(O)Cc1occc1O. The van der Waals surface area contributed by atoms with Crippen molar-refractivity contribution in [1.29, 1.82) is 0 Å². The molecule has 4 heteroatoms. The quantitative estimate of drug-likeness (QED) is 0.634. The van der Waals surface area contributed by atoms with E-state index in [0.29, 0.717) is 0 Å². The Kier molecular flexibility index (Phi) is 1.62. The molecule has 0 aliphatic rings. The molecule has 0 saturated carbocycles. The molecule has 0 amide bonds. The Bertz CT molecular complexity index is 238. The van der Waals surface area contributed by atoms with Crippen LogP contribution in [0.15, 0.2) is 16.7 Å². The van der Waals surface area contributed by atoms with Gasteiger partial charge in [0.15, 0.2) is 11.5 Å². The fourth-order valence-corrected chi connectivity index (χ4v) is 0.603. The largest absolute Gasteiger partial charge is 0.504 e. The number of hydrogen-bond donors (Lipinski definition) is 2. The summed E-state index contributed by atoms with van der Waals surface area (Å²) < 4.78 is 4.64. The smallest absolute Gasteiger partial charge is 0.311 e. The van der Waals surface area contributed by atoms with Crippen molar-refractivity contribution >= 4 is 5.97 Å². The Morgan fingerprint density at radius 1 is 1.70 bits per heavy atom. The molecular formula is C6H6O4. The van der Waals surface area contributed by atoms with E-state index in [9.17, 15) is 4.79 Å². The lowest BCUT2D eigenvalue weighted by molar-refractivity contribution is -0.136. The second-order valence-corrected chi connectivity index (χ2v) is 1.80. The first-order valence-corrected chi connectivity index (χ1v) is 2.67. The minimum atomic E-state index is -1.02. The van der Waals surface area contributed by atoms with E-state index in [-0.39, 0.29) is 17.9 Å². The monoisotopic (exact) mass is 142 g/mol. The highest BCUT2D eigenvalue weighted by molar-refractivity contribution is 5.70. The van der Waals surface area contributed by atoms with Gasteiger partial charge in [-0.1, -0.05) is 0 Å². The summed E-state index contributed by atoms with van der Waals surface area (Å²) in [5.74, 6) is -1.04. The first-order chi connectivity index (χ1) is 4.70. The number of furan rings is 1. The fraction of sp³-hybridized carbons (Fsp3) is 0.167. The van der Waals surface area contributed by atoms with Crippen molar-refractivity contribution < 1.29 is 19.4 Å². The van der Waals surface area contributed by atoms with Gasteiger partial charge >= 0.3 is 5.97 Å². The average Bonchev–Trinajstić information content (AvgIpc) is 2.15. The Labute approximate surface area is 56.7 Å². The van der Waals surface area contributed by atoms with Gasteiger partial charge in [0.05, 0.1) is 6.26 Å². The van der Waals surface area contributed by atoms with Crippen LogP contribution < -0.4 is 0 Å². The van der Waals surface area contributed by atoms with Crippen molar-refractivity contribution in [3.63, 3.8) is 0 Å². The molecule has 0 bridgehead atoms. The van der Waals surface area contributed by atoms with Crippen LogP contribution in [0, 0.1) is 0 Å². The highest BCUT2D eigenvalue weighted by Gasteiger charge is 2.07. The average molecular weight is 142 g/mol. The summed E-state index contributed by atoms with van der Waals surface area (Å²) in [5, 5.41) is 17.1. The molecule has 0 aliphatic carbocycles. The van der Waals surface area contributed by atoms with Crippen molar-refractivity contribution in [2.45, 2.75) is 6.42 Å². The first-order valence-electron chi connectivity index (χ1n) is 2.67. The maximum Gasteiger partial charge on any atom is 0.311 e. The fourth-order valence-electron chi connectivity index (χ4n) is 0.603. The van der Waals surface area contributed by atoms with E-state index < -0.39 is 5.97 Å². The van der Waals surface area contributed by atoms with Gasteiger partial charge in [-0.05, 0) is 0 Å². The Morgan fingerprint density at radius 3 is 2.80 bits per heavy atom. The lowest BCUT2D eigenvalue weighted by atomic mass is 10.3. The van der Waals surface area contributed by atoms with Gasteiger partial charge in [0.2, 0.25) is 0 Å². The summed E-state index contributed by atoms with van der Waals surface area (Å²) in [6.07, 6.45) is 0.965. The van der Waals surface area contributed by atoms with E-state index in [2.05, 4.69) is 4.42 Å². The van der Waals surface area contributed by atoms with E-state index in [1.807, 2.05) is 0 Å².